The van der Waals surface area contributed by atoms with Gasteiger partial charge in [0.2, 0.25) is 15.9 Å². The summed E-state index contributed by atoms with van der Waals surface area (Å²) in [6, 6.07) is 5.79. The van der Waals surface area contributed by atoms with Crippen LogP contribution in [0.4, 0.5) is 0 Å². The molecule has 1 aliphatic heterocycles. The molecule has 3 heterocycles. The van der Waals surface area contributed by atoms with Gasteiger partial charge in [-0.2, -0.15) is 5.10 Å². The number of aromatic nitrogens is 3. The number of methoxy groups -OCH3 is 1. The monoisotopic (exact) mass is 365 g/mol. The quantitative estimate of drug-likeness (QED) is 0.780. The molecule has 0 aliphatic carbocycles. The van der Waals surface area contributed by atoms with Crippen molar-refractivity contribution >= 4 is 10.0 Å². The first-order valence-electron chi connectivity index (χ1n) is 8.22. The minimum Gasteiger partial charge on any atom is -0.481 e. The first-order valence-corrected chi connectivity index (χ1v) is 9.87. The predicted molar refractivity (Wildman–Crippen MR) is 93.6 cm³/mol. The average Bonchev–Trinajstić information content (AvgIpc) is 3.09. The summed E-state index contributed by atoms with van der Waals surface area (Å²) in [5, 5.41) is 4.36. The van der Waals surface area contributed by atoms with Gasteiger partial charge in [0.15, 0.2) is 0 Å². The highest BCUT2D eigenvalue weighted by molar-refractivity contribution is 7.89. The van der Waals surface area contributed by atoms with E-state index in [9.17, 15) is 8.42 Å². The molecule has 0 radical (unpaired) electrons. The van der Waals surface area contributed by atoms with Gasteiger partial charge in [-0.15, -0.1) is 0 Å². The fourth-order valence-electron chi connectivity index (χ4n) is 3.03. The molecule has 3 rings (SSSR count). The smallest absolute Gasteiger partial charge is 0.217 e. The van der Waals surface area contributed by atoms with Crippen molar-refractivity contribution in [2.75, 3.05) is 26.0 Å². The number of nitrogens with zero attached hydrogens (tertiary/aromatic N) is 4. The molecule has 2 aromatic heterocycles. The lowest BCUT2D eigenvalue weighted by Crippen LogP contribution is -2.43. The van der Waals surface area contributed by atoms with E-state index >= 15 is 0 Å². The molecule has 1 aliphatic rings. The van der Waals surface area contributed by atoms with Gasteiger partial charge in [-0.25, -0.2) is 18.1 Å². The van der Waals surface area contributed by atoms with Gasteiger partial charge in [0.05, 0.1) is 24.6 Å². The summed E-state index contributed by atoms with van der Waals surface area (Å²) in [6.07, 6.45) is 3.46. The second-order valence-electron chi connectivity index (χ2n) is 6.01. The highest BCUT2D eigenvalue weighted by Gasteiger charge is 2.27. The van der Waals surface area contributed by atoms with E-state index < -0.39 is 10.0 Å². The Bertz CT molecular complexity index is 821. The van der Waals surface area contributed by atoms with E-state index in [1.165, 1.54) is 0 Å². The van der Waals surface area contributed by atoms with Crippen LogP contribution < -0.4 is 9.46 Å². The van der Waals surface area contributed by atoms with E-state index in [1.807, 2.05) is 22.9 Å². The van der Waals surface area contributed by atoms with Gasteiger partial charge in [0.25, 0.3) is 0 Å². The molecular formula is C16H23N5O3S. The van der Waals surface area contributed by atoms with Gasteiger partial charge >= 0.3 is 0 Å². The second kappa shape index (κ2) is 7.51. The SMILES string of the molecule is CCS(=O)(=O)NC[C@H]1CN(Cc2cccnc2OC)Cc2ccnn21. The van der Waals surface area contributed by atoms with Gasteiger partial charge in [0, 0.05) is 44.1 Å². The third kappa shape index (κ3) is 4.17. The van der Waals surface area contributed by atoms with Crippen LogP contribution in [0.1, 0.15) is 24.2 Å². The molecule has 0 bridgehead atoms. The molecule has 0 amide bonds. The van der Waals surface area contributed by atoms with Crippen molar-refractivity contribution in [2.24, 2.45) is 0 Å². The first-order chi connectivity index (χ1) is 12.0. The number of fused-ring (bicyclic) bond motifs is 1. The van der Waals surface area contributed by atoms with Crippen molar-refractivity contribution < 1.29 is 13.2 Å². The molecule has 0 unspecified atom stereocenters. The Labute approximate surface area is 147 Å². The zero-order valence-corrected chi connectivity index (χ0v) is 15.2. The van der Waals surface area contributed by atoms with Crippen LogP contribution in [-0.2, 0) is 23.1 Å². The lowest BCUT2D eigenvalue weighted by Gasteiger charge is -2.34. The Kier molecular flexibility index (Phi) is 5.36. The summed E-state index contributed by atoms with van der Waals surface area (Å²) in [6.45, 7) is 4.07. The van der Waals surface area contributed by atoms with Crippen molar-refractivity contribution in [3.8, 4) is 5.88 Å². The zero-order chi connectivity index (χ0) is 17.9. The average molecular weight is 365 g/mol. The Balaban J connectivity index is 1.75. The molecule has 0 saturated heterocycles. The van der Waals surface area contributed by atoms with Crippen LogP contribution in [0.2, 0.25) is 0 Å². The maximum atomic E-state index is 11.8. The molecule has 9 heteroatoms. The van der Waals surface area contributed by atoms with Crippen LogP contribution in [0, 0.1) is 0 Å². The summed E-state index contributed by atoms with van der Waals surface area (Å²) < 4.78 is 33.4. The van der Waals surface area contributed by atoms with Crippen LogP contribution in [0.3, 0.4) is 0 Å². The number of sulfonamides is 1. The van der Waals surface area contributed by atoms with E-state index in [1.54, 1.807) is 26.4 Å². The molecule has 1 atom stereocenters. The molecule has 0 saturated carbocycles. The normalized spacial score (nSPS) is 18.1. The second-order valence-corrected chi connectivity index (χ2v) is 8.11. The van der Waals surface area contributed by atoms with E-state index in [0.29, 0.717) is 25.5 Å². The Morgan fingerprint density at radius 1 is 1.36 bits per heavy atom. The highest BCUT2D eigenvalue weighted by atomic mass is 32.2. The summed E-state index contributed by atoms with van der Waals surface area (Å²) in [5.74, 6) is 0.687. The molecule has 2 aromatic rings. The number of hydrogen-bond acceptors (Lipinski definition) is 6. The molecule has 8 nitrogen and oxygen atoms in total. The topological polar surface area (TPSA) is 89.3 Å². The fourth-order valence-corrected chi connectivity index (χ4v) is 3.68. The van der Waals surface area contributed by atoms with E-state index in [-0.39, 0.29) is 11.8 Å². The van der Waals surface area contributed by atoms with Gasteiger partial charge in [-0.05, 0) is 19.1 Å². The van der Waals surface area contributed by atoms with Crippen LogP contribution in [-0.4, -0.2) is 54.0 Å². The molecule has 1 N–H and O–H groups in total. The summed E-state index contributed by atoms with van der Waals surface area (Å²) in [4.78, 5) is 6.49. The Hall–Kier alpha value is -1.97. The molecule has 0 spiro atoms. The lowest BCUT2D eigenvalue weighted by molar-refractivity contribution is 0.166. The van der Waals surface area contributed by atoms with Crippen molar-refractivity contribution in [3.05, 3.63) is 41.9 Å². The molecule has 25 heavy (non-hydrogen) atoms. The summed E-state index contributed by atoms with van der Waals surface area (Å²) in [7, 11) is -1.62. The molecule has 0 aromatic carbocycles. The van der Waals surface area contributed by atoms with Gasteiger partial charge in [0.1, 0.15) is 0 Å². The van der Waals surface area contributed by atoms with E-state index in [0.717, 1.165) is 17.8 Å². The van der Waals surface area contributed by atoms with Crippen molar-refractivity contribution in [1.29, 1.82) is 0 Å². The number of rotatable bonds is 7. The van der Waals surface area contributed by atoms with Crippen molar-refractivity contribution in [2.45, 2.75) is 26.1 Å². The molecule has 136 valence electrons. The van der Waals surface area contributed by atoms with Gasteiger partial charge in [-0.3, -0.25) is 9.58 Å². The number of nitrogens with one attached hydrogen (secondary N) is 1. The number of ether oxygens (including phenoxy) is 1. The Morgan fingerprint density at radius 2 is 2.20 bits per heavy atom. The third-order valence-corrected chi connectivity index (χ3v) is 5.68. The zero-order valence-electron chi connectivity index (χ0n) is 14.4. The predicted octanol–water partition coefficient (Wildman–Crippen LogP) is 0.783. The minimum absolute atomic E-state index is 0.0530. The standard InChI is InChI=1S/C16H23N5O3S/c1-3-25(22,23)19-9-15-12-20(11-14-6-8-18-21(14)15)10-13-5-4-7-17-16(13)24-2/h4-8,15,19H,3,9-12H2,1-2H3/t15-/m0/s1. The largest absolute Gasteiger partial charge is 0.481 e. The highest BCUT2D eigenvalue weighted by Crippen LogP contribution is 2.24. The number of hydrogen-bond donors (Lipinski definition) is 1. The lowest BCUT2D eigenvalue weighted by atomic mass is 10.1. The van der Waals surface area contributed by atoms with Crippen LogP contribution in [0.5, 0.6) is 5.88 Å². The van der Waals surface area contributed by atoms with Gasteiger partial charge in [-0.1, -0.05) is 6.07 Å². The maximum Gasteiger partial charge on any atom is 0.217 e. The third-order valence-electron chi connectivity index (χ3n) is 4.31. The van der Waals surface area contributed by atoms with Crippen molar-refractivity contribution in [1.82, 2.24) is 24.4 Å². The van der Waals surface area contributed by atoms with Gasteiger partial charge < -0.3 is 4.74 Å². The maximum absolute atomic E-state index is 11.8. The van der Waals surface area contributed by atoms with Crippen LogP contribution in [0.15, 0.2) is 30.6 Å². The van der Waals surface area contributed by atoms with Crippen LogP contribution >= 0.6 is 0 Å². The van der Waals surface area contributed by atoms with E-state index in [4.69, 9.17) is 4.74 Å². The van der Waals surface area contributed by atoms with Crippen LogP contribution in [0.25, 0.3) is 0 Å². The summed E-state index contributed by atoms with van der Waals surface area (Å²) in [5.41, 5.74) is 2.07. The first kappa shape index (κ1) is 17.8. The summed E-state index contributed by atoms with van der Waals surface area (Å²) >= 11 is 0. The number of pyridine rings is 1. The fraction of sp³-hybridized carbons (Fsp3) is 0.500. The van der Waals surface area contributed by atoms with Crippen molar-refractivity contribution in [3.63, 3.8) is 0 Å². The Morgan fingerprint density at radius 3 is 2.96 bits per heavy atom. The van der Waals surface area contributed by atoms with E-state index in [2.05, 4.69) is 19.7 Å². The molecule has 0 fully saturated rings. The molecular weight excluding hydrogens is 342 g/mol. The minimum atomic E-state index is -3.23.